The molecule has 0 saturated heterocycles. The Hall–Kier alpha value is -1.07. The lowest BCUT2D eigenvalue weighted by atomic mass is 10.1. The van der Waals surface area contributed by atoms with Gasteiger partial charge in [-0.2, -0.15) is 0 Å². The molecule has 0 unspecified atom stereocenters. The van der Waals surface area contributed by atoms with E-state index in [0.29, 0.717) is 0 Å². The van der Waals surface area contributed by atoms with Crippen molar-refractivity contribution in [1.82, 2.24) is 4.72 Å². The molecule has 0 aromatic heterocycles. The van der Waals surface area contributed by atoms with Gasteiger partial charge in [-0.3, -0.25) is 0 Å². The highest BCUT2D eigenvalue weighted by Crippen LogP contribution is 2.23. The van der Waals surface area contributed by atoms with Crippen molar-refractivity contribution in [2.24, 2.45) is 0 Å². The van der Waals surface area contributed by atoms with E-state index in [2.05, 4.69) is 11.3 Å². The number of rotatable bonds is 4. The second-order valence-corrected chi connectivity index (χ2v) is 6.85. The lowest BCUT2D eigenvalue weighted by molar-refractivity contribution is 0.535. The Bertz CT molecular complexity index is 448. The number of halogens is 2. The minimum atomic E-state index is -1.44. The molecule has 0 fully saturated rings. The molecule has 2 atom stereocenters. The summed E-state index contributed by atoms with van der Waals surface area (Å²) in [5.41, 5.74) is -0.162. The molecule has 0 bridgehead atoms. The summed E-state index contributed by atoms with van der Waals surface area (Å²) in [6.07, 6.45) is 1.34. The van der Waals surface area contributed by atoms with Crippen LogP contribution in [-0.2, 0) is 11.0 Å². The number of benzene rings is 1. The van der Waals surface area contributed by atoms with Crippen molar-refractivity contribution in [1.29, 1.82) is 0 Å². The first-order valence-electron chi connectivity index (χ1n) is 5.52. The smallest absolute Gasteiger partial charge is 0.131 e. The highest BCUT2D eigenvalue weighted by molar-refractivity contribution is 7.84. The van der Waals surface area contributed by atoms with Gasteiger partial charge in [0.1, 0.15) is 11.6 Å². The third-order valence-corrected chi connectivity index (χ3v) is 3.92. The van der Waals surface area contributed by atoms with E-state index < -0.39 is 33.4 Å². The maximum Gasteiger partial charge on any atom is 0.131 e. The first-order chi connectivity index (χ1) is 8.27. The fourth-order valence-corrected chi connectivity index (χ4v) is 2.12. The van der Waals surface area contributed by atoms with Crippen LogP contribution in [0.25, 0.3) is 0 Å². The Morgan fingerprint density at radius 1 is 1.33 bits per heavy atom. The molecule has 18 heavy (non-hydrogen) atoms. The highest BCUT2D eigenvalue weighted by atomic mass is 32.2. The van der Waals surface area contributed by atoms with Gasteiger partial charge in [0.25, 0.3) is 0 Å². The molecular formula is C13H17F2NOS. The van der Waals surface area contributed by atoms with Gasteiger partial charge in [0.05, 0.1) is 21.8 Å². The number of hydrogen-bond acceptors (Lipinski definition) is 1. The average molecular weight is 273 g/mol. The zero-order valence-electron chi connectivity index (χ0n) is 10.7. The molecule has 0 aliphatic carbocycles. The predicted octanol–water partition coefficient (Wildman–Crippen LogP) is 3.24. The summed E-state index contributed by atoms with van der Waals surface area (Å²) in [7, 11) is -1.44. The van der Waals surface area contributed by atoms with Crippen LogP contribution in [0.2, 0.25) is 0 Å². The van der Waals surface area contributed by atoms with E-state index in [4.69, 9.17) is 0 Å². The van der Waals surface area contributed by atoms with E-state index in [1.807, 2.05) is 0 Å². The third-order valence-electron chi connectivity index (χ3n) is 2.34. The molecule has 1 rings (SSSR count). The van der Waals surface area contributed by atoms with Crippen molar-refractivity contribution in [2.75, 3.05) is 0 Å². The largest absolute Gasteiger partial charge is 0.242 e. The molecule has 100 valence electrons. The first kappa shape index (κ1) is 15.0. The monoisotopic (exact) mass is 273 g/mol. The Morgan fingerprint density at radius 3 is 2.22 bits per heavy atom. The summed E-state index contributed by atoms with van der Waals surface area (Å²) < 4.78 is 41.3. The zero-order valence-corrected chi connectivity index (χ0v) is 11.5. The van der Waals surface area contributed by atoms with Crippen molar-refractivity contribution in [3.63, 3.8) is 0 Å². The molecule has 0 spiro atoms. The summed E-state index contributed by atoms with van der Waals surface area (Å²) in [6.45, 7) is 8.84. The fraction of sp³-hybridized carbons (Fsp3) is 0.385. The molecule has 1 aromatic carbocycles. The van der Waals surface area contributed by atoms with Gasteiger partial charge in [0, 0.05) is 5.56 Å². The molecule has 0 aliphatic rings. The molecule has 0 radical (unpaired) electrons. The molecule has 5 heteroatoms. The molecule has 0 aliphatic heterocycles. The summed E-state index contributed by atoms with van der Waals surface area (Å²) >= 11 is 0. The second-order valence-electron chi connectivity index (χ2n) is 4.85. The lowest BCUT2D eigenvalue weighted by Crippen LogP contribution is -2.35. The SMILES string of the molecule is C=C[C@@H](N[S@](=O)C(C)(C)C)c1c(F)cccc1F. The number of nitrogens with one attached hydrogen (secondary N) is 1. The summed E-state index contributed by atoms with van der Waals surface area (Å²) in [5.74, 6) is -1.36. The molecule has 1 aromatic rings. The van der Waals surface area contributed by atoms with Crippen LogP contribution in [0.15, 0.2) is 30.9 Å². The molecule has 0 amide bonds. The first-order valence-corrected chi connectivity index (χ1v) is 6.67. The van der Waals surface area contributed by atoms with E-state index in [1.54, 1.807) is 20.8 Å². The Balaban J connectivity index is 3.05. The Kier molecular flexibility index (Phi) is 4.76. The van der Waals surface area contributed by atoms with Gasteiger partial charge >= 0.3 is 0 Å². The third kappa shape index (κ3) is 3.46. The van der Waals surface area contributed by atoms with Crippen LogP contribution >= 0.6 is 0 Å². The van der Waals surface area contributed by atoms with Crippen LogP contribution in [0.1, 0.15) is 32.4 Å². The van der Waals surface area contributed by atoms with Crippen LogP contribution < -0.4 is 4.72 Å². The minimum absolute atomic E-state index is 0.162. The fourth-order valence-electron chi connectivity index (χ4n) is 1.32. The van der Waals surface area contributed by atoms with Gasteiger partial charge < -0.3 is 0 Å². The number of hydrogen-bond donors (Lipinski definition) is 1. The van der Waals surface area contributed by atoms with Gasteiger partial charge in [-0.1, -0.05) is 12.1 Å². The Labute approximate surface area is 109 Å². The van der Waals surface area contributed by atoms with E-state index >= 15 is 0 Å². The van der Waals surface area contributed by atoms with Crippen LogP contribution in [0.3, 0.4) is 0 Å². The predicted molar refractivity (Wildman–Crippen MR) is 70.3 cm³/mol. The highest BCUT2D eigenvalue weighted by Gasteiger charge is 2.25. The second kappa shape index (κ2) is 5.71. The minimum Gasteiger partial charge on any atom is -0.242 e. The van der Waals surface area contributed by atoms with Gasteiger partial charge in [0.2, 0.25) is 0 Å². The van der Waals surface area contributed by atoms with E-state index in [9.17, 15) is 13.0 Å². The molecule has 0 saturated carbocycles. The zero-order chi connectivity index (χ0) is 13.9. The summed E-state index contributed by atoms with van der Waals surface area (Å²) in [5, 5.41) is 0. The maximum absolute atomic E-state index is 13.6. The molecule has 0 heterocycles. The van der Waals surface area contributed by atoms with Crippen molar-refractivity contribution in [3.8, 4) is 0 Å². The van der Waals surface area contributed by atoms with Crippen LogP contribution in [0.5, 0.6) is 0 Å². The van der Waals surface area contributed by atoms with Crippen molar-refractivity contribution in [2.45, 2.75) is 31.6 Å². The topological polar surface area (TPSA) is 29.1 Å². The van der Waals surface area contributed by atoms with E-state index in [-0.39, 0.29) is 5.56 Å². The normalized spacial score (nSPS) is 15.2. The van der Waals surface area contributed by atoms with Gasteiger partial charge in [-0.15, -0.1) is 6.58 Å². The van der Waals surface area contributed by atoms with Gasteiger partial charge in [-0.25, -0.2) is 17.7 Å². The van der Waals surface area contributed by atoms with Crippen LogP contribution in [0.4, 0.5) is 8.78 Å². The van der Waals surface area contributed by atoms with Gasteiger partial charge in [-0.05, 0) is 32.9 Å². The lowest BCUT2D eigenvalue weighted by Gasteiger charge is -2.23. The van der Waals surface area contributed by atoms with Crippen LogP contribution in [-0.4, -0.2) is 8.96 Å². The average Bonchev–Trinajstić information content (AvgIpc) is 2.25. The Morgan fingerprint density at radius 2 is 1.83 bits per heavy atom. The maximum atomic E-state index is 13.6. The molecule has 2 nitrogen and oxygen atoms in total. The standard InChI is InChI=1S/C13H17F2NOS/c1-5-11(16-18(17)13(2,3)4)12-9(14)7-6-8-10(12)15/h5-8,11,16H,1H2,2-4H3/t11-,18-/m1/s1. The van der Waals surface area contributed by atoms with Gasteiger partial charge in [0.15, 0.2) is 0 Å². The quantitative estimate of drug-likeness (QED) is 0.838. The summed E-state index contributed by atoms with van der Waals surface area (Å²) in [6, 6.07) is 2.79. The molecular weight excluding hydrogens is 256 g/mol. The van der Waals surface area contributed by atoms with E-state index in [0.717, 1.165) is 12.1 Å². The molecule has 1 N–H and O–H groups in total. The van der Waals surface area contributed by atoms with Crippen molar-refractivity contribution < 1.29 is 13.0 Å². The summed E-state index contributed by atoms with van der Waals surface area (Å²) in [4.78, 5) is 0. The van der Waals surface area contributed by atoms with Crippen molar-refractivity contribution in [3.05, 3.63) is 48.1 Å². The van der Waals surface area contributed by atoms with Crippen LogP contribution in [0, 0.1) is 11.6 Å². The van der Waals surface area contributed by atoms with E-state index in [1.165, 1.54) is 12.1 Å². The van der Waals surface area contributed by atoms with Crippen molar-refractivity contribution >= 4 is 11.0 Å².